The molecule has 0 bridgehead atoms. The number of tetrazole rings is 1. The summed E-state index contributed by atoms with van der Waals surface area (Å²) in [7, 11) is -0.558. The Morgan fingerprint density at radius 1 is 0.878 bits per heavy atom. The van der Waals surface area contributed by atoms with E-state index in [-0.39, 0.29) is 60.8 Å². The summed E-state index contributed by atoms with van der Waals surface area (Å²) in [5, 5.41) is 10.1. The number of aromatic nitrogens is 4. The van der Waals surface area contributed by atoms with Gasteiger partial charge in [0, 0.05) is 57.3 Å². The number of halogens is 5. The lowest BCUT2D eigenvalue weighted by atomic mass is 9.81. The van der Waals surface area contributed by atoms with Gasteiger partial charge in [-0.05, 0) is 33.7 Å². The Balaban J connectivity index is 0.00000270. The van der Waals surface area contributed by atoms with Crippen molar-refractivity contribution >= 4 is 34.8 Å². The summed E-state index contributed by atoms with van der Waals surface area (Å²) in [6.45, 7) is 2.61. The molecule has 11 nitrogen and oxygen atoms in total. The van der Waals surface area contributed by atoms with Crippen molar-refractivity contribution in [3.8, 4) is 17.2 Å². The number of rotatable bonds is 9. The molecular weight excluding hydrogens is 706 g/mol. The molecule has 2 aliphatic heterocycles. The number of alkyl halides is 3. The fourth-order valence-electron chi connectivity index (χ4n) is 6.95. The fraction of sp³-hybridized carbons (Fsp3) is 0.406. The number of ether oxygens (including phenoxy) is 2. The molecule has 266 valence electrons. The van der Waals surface area contributed by atoms with Gasteiger partial charge in [-0.15, -0.1) is 29.9 Å². The van der Waals surface area contributed by atoms with Crippen LogP contribution in [0.5, 0.6) is 11.5 Å². The van der Waals surface area contributed by atoms with Crippen LogP contribution in [0.15, 0.2) is 72.8 Å². The van der Waals surface area contributed by atoms with Gasteiger partial charge in [-0.3, -0.25) is 9.80 Å². The van der Waals surface area contributed by atoms with Crippen molar-refractivity contribution in [3.05, 3.63) is 95.3 Å². The molecule has 49 heavy (non-hydrogen) atoms. The lowest BCUT2D eigenvalue weighted by molar-refractivity contribution is -0.146. The molecule has 3 heterocycles. The molecule has 2 atom stereocenters. The van der Waals surface area contributed by atoms with E-state index in [0.717, 1.165) is 11.1 Å². The second-order valence-electron chi connectivity index (χ2n) is 11.8. The maximum absolute atomic E-state index is 13.8. The van der Waals surface area contributed by atoms with Crippen molar-refractivity contribution < 1.29 is 31.1 Å². The molecule has 17 heteroatoms. The quantitative estimate of drug-likeness (QED) is 0.245. The van der Waals surface area contributed by atoms with Crippen molar-refractivity contribution in [3.63, 3.8) is 0 Å². The zero-order chi connectivity index (χ0) is 33.3. The molecule has 3 aromatic carbocycles. The van der Waals surface area contributed by atoms with Gasteiger partial charge in [-0.25, -0.2) is 8.42 Å². The van der Waals surface area contributed by atoms with Crippen molar-refractivity contribution in [1.29, 1.82) is 0 Å². The number of hydrogen-bond acceptors (Lipinski definition) is 9. The third-order valence-corrected chi connectivity index (χ3v) is 10.2. The summed E-state index contributed by atoms with van der Waals surface area (Å²) in [5.41, 5.74) is 2.80. The molecule has 0 spiro atoms. The van der Waals surface area contributed by atoms with Crippen molar-refractivity contribution in [2.45, 2.75) is 30.7 Å². The van der Waals surface area contributed by atoms with Crippen LogP contribution in [0.2, 0.25) is 0 Å². The van der Waals surface area contributed by atoms with E-state index in [9.17, 15) is 21.6 Å². The van der Waals surface area contributed by atoms with Gasteiger partial charge in [0.25, 0.3) is 5.82 Å². The Labute approximate surface area is 295 Å². The van der Waals surface area contributed by atoms with Gasteiger partial charge in [-0.2, -0.15) is 22.2 Å². The molecule has 0 unspecified atom stereocenters. The Morgan fingerprint density at radius 2 is 1.51 bits per heavy atom. The third-order valence-electron chi connectivity index (χ3n) is 8.96. The summed E-state index contributed by atoms with van der Waals surface area (Å²) in [6, 6.07) is 23.2. The highest BCUT2D eigenvalue weighted by atomic mass is 35.5. The van der Waals surface area contributed by atoms with E-state index >= 15 is 0 Å². The zero-order valence-corrected chi connectivity index (χ0v) is 29.5. The summed E-state index contributed by atoms with van der Waals surface area (Å²) in [6.07, 6.45) is -3.57. The smallest absolute Gasteiger partial charge is 0.453 e. The highest BCUT2D eigenvalue weighted by Crippen LogP contribution is 2.40. The largest absolute Gasteiger partial charge is 0.496 e. The molecule has 2 saturated heterocycles. The van der Waals surface area contributed by atoms with Gasteiger partial charge >= 0.3 is 6.18 Å². The van der Waals surface area contributed by atoms with Crippen LogP contribution in [0, 0.1) is 0 Å². The molecule has 6 rings (SSSR count). The number of benzene rings is 3. The van der Waals surface area contributed by atoms with E-state index in [1.54, 1.807) is 6.07 Å². The second-order valence-corrected chi connectivity index (χ2v) is 13.8. The van der Waals surface area contributed by atoms with Crippen LogP contribution in [0.1, 0.15) is 28.4 Å². The summed E-state index contributed by atoms with van der Waals surface area (Å²) in [5.74, 6) is -0.754. The molecule has 4 aromatic rings. The molecule has 0 saturated carbocycles. The minimum Gasteiger partial charge on any atom is -0.496 e. The number of sulfonamides is 1. The van der Waals surface area contributed by atoms with E-state index in [1.165, 1.54) is 30.8 Å². The van der Waals surface area contributed by atoms with E-state index in [1.807, 2.05) is 36.4 Å². The highest BCUT2D eigenvalue weighted by Gasteiger charge is 2.44. The van der Waals surface area contributed by atoms with Crippen LogP contribution in [0.3, 0.4) is 0 Å². The van der Waals surface area contributed by atoms with Crippen LogP contribution in [-0.4, -0.2) is 108 Å². The Kier molecular flexibility index (Phi) is 12.2. The van der Waals surface area contributed by atoms with Crippen LogP contribution >= 0.6 is 24.8 Å². The topological polar surface area (TPSA) is 106 Å². The number of piperazine rings is 2. The lowest BCUT2D eigenvalue weighted by Crippen LogP contribution is -2.67. The summed E-state index contributed by atoms with van der Waals surface area (Å²) >= 11 is 0. The van der Waals surface area contributed by atoms with Crippen LogP contribution in [0.25, 0.3) is 5.69 Å². The van der Waals surface area contributed by atoms with Gasteiger partial charge in [-0.1, -0.05) is 60.7 Å². The normalized spacial score (nSPS) is 19.1. The van der Waals surface area contributed by atoms with Gasteiger partial charge in [0.1, 0.15) is 11.4 Å². The number of fused-ring (bicyclic) bond motifs is 1. The van der Waals surface area contributed by atoms with Gasteiger partial charge in [0.05, 0.1) is 26.0 Å². The first-order valence-corrected chi connectivity index (χ1v) is 17.0. The van der Waals surface area contributed by atoms with Crippen molar-refractivity contribution in [2.24, 2.45) is 0 Å². The molecule has 1 aromatic heterocycles. The van der Waals surface area contributed by atoms with E-state index in [2.05, 4.69) is 49.6 Å². The average molecular weight is 745 g/mol. The molecule has 0 N–H and O–H groups in total. The van der Waals surface area contributed by atoms with E-state index in [0.29, 0.717) is 48.7 Å². The lowest BCUT2D eigenvalue weighted by Gasteiger charge is -2.53. The first-order chi connectivity index (χ1) is 22.5. The Morgan fingerprint density at radius 3 is 2.06 bits per heavy atom. The van der Waals surface area contributed by atoms with E-state index in [4.69, 9.17) is 9.47 Å². The van der Waals surface area contributed by atoms with E-state index < -0.39 is 22.0 Å². The number of methoxy groups -OCH3 is 2. The predicted octanol–water partition coefficient (Wildman–Crippen LogP) is 4.50. The van der Waals surface area contributed by atoms with Gasteiger partial charge in [0.2, 0.25) is 10.0 Å². The molecular formula is C32H38Cl2F3N7O4S. The monoisotopic (exact) mass is 743 g/mol. The predicted molar refractivity (Wildman–Crippen MR) is 182 cm³/mol. The SMILES string of the molecule is COc1ccc(-n2nnnc2C(F)(F)F)c(OC)c1CN1C[C@@H]2CN(S(C)(=O)=O)CCN2[C@H](C(c2ccccc2)c2ccccc2)C1.Cl.Cl. The summed E-state index contributed by atoms with van der Waals surface area (Å²) in [4.78, 5) is 4.62. The molecule has 0 radical (unpaired) electrons. The average Bonchev–Trinajstić information content (AvgIpc) is 3.56. The van der Waals surface area contributed by atoms with Crippen molar-refractivity contribution in [1.82, 2.24) is 34.3 Å². The van der Waals surface area contributed by atoms with Crippen LogP contribution < -0.4 is 9.47 Å². The minimum atomic E-state index is -4.80. The minimum absolute atomic E-state index is 0. The maximum Gasteiger partial charge on any atom is 0.453 e. The maximum atomic E-state index is 13.8. The van der Waals surface area contributed by atoms with Crippen molar-refractivity contribution in [2.75, 3.05) is 53.2 Å². The van der Waals surface area contributed by atoms with Gasteiger partial charge < -0.3 is 9.47 Å². The molecule has 2 aliphatic rings. The number of hydrogen-bond donors (Lipinski definition) is 0. The first-order valence-electron chi connectivity index (χ1n) is 15.1. The third kappa shape index (κ3) is 7.97. The Hall–Kier alpha value is -3.47. The van der Waals surface area contributed by atoms with Gasteiger partial charge in [0.15, 0.2) is 5.75 Å². The molecule has 0 aliphatic carbocycles. The summed E-state index contributed by atoms with van der Waals surface area (Å²) < 4.78 is 80.3. The second kappa shape index (κ2) is 15.6. The standard InChI is InChI=1S/C32H36F3N7O4S.2ClH/c1-45-28-15-14-26(42-31(32(33,34)35)36-37-38-42)30(46-2)25(28)20-39-18-24-19-40(47(3,43)44)16-17-41(24)27(21-39)29(22-10-6-4-7-11-22)23-12-8-5-9-13-23;;/h4-15,24,27,29H,16-21H2,1-3H3;2*1H/t24-,27+;;/m1../s1. The number of nitrogens with zero attached hydrogens (tertiary/aromatic N) is 7. The van der Waals surface area contributed by atoms with Crippen LogP contribution in [-0.2, 0) is 22.7 Å². The zero-order valence-electron chi connectivity index (χ0n) is 27.0. The van der Waals surface area contributed by atoms with Crippen LogP contribution in [0.4, 0.5) is 13.2 Å². The molecule has 0 amide bonds. The highest BCUT2D eigenvalue weighted by molar-refractivity contribution is 7.88. The molecule has 2 fully saturated rings. The first kappa shape index (κ1) is 38.3. The fourth-order valence-corrected chi connectivity index (χ4v) is 7.81. The Bertz CT molecular complexity index is 1760.